The van der Waals surface area contributed by atoms with Gasteiger partial charge in [0.2, 0.25) is 0 Å². The Bertz CT molecular complexity index is 1100. The molecule has 1 aromatic heterocycles. The fourth-order valence-electron chi connectivity index (χ4n) is 6.13. The van der Waals surface area contributed by atoms with Gasteiger partial charge in [-0.25, -0.2) is 0 Å². The van der Waals surface area contributed by atoms with Crippen LogP contribution in [0.3, 0.4) is 0 Å². The van der Waals surface area contributed by atoms with E-state index in [1.165, 1.54) is 30.6 Å². The molecule has 170 valence electrons. The summed E-state index contributed by atoms with van der Waals surface area (Å²) in [5.41, 5.74) is 1.01. The molecule has 2 aliphatic carbocycles. The number of nitrogens with zero attached hydrogens (tertiary/aromatic N) is 1. The molecule has 1 amide bonds. The second-order valence-electron chi connectivity index (χ2n) is 9.14. The first-order valence-corrected chi connectivity index (χ1v) is 13.3. The molecule has 1 aromatic carbocycles. The molecule has 2 aromatic rings. The van der Waals surface area contributed by atoms with Crippen LogP contribution in [0.5, 0.6) is 5.75 Å². The number of fused-ring (bicyclic) bond motifs is 6. The van der Waals surface area contributed by atoms with Crippen LogP contribution < -0.4 is 9.61 Å². The predicted molar refractivity (Wildman–Crippen MR) is 125 cm³/mol. The number of aromatic amines is 1. The lowest BCUT2D eigenvalue weighted by molar-refractivity contribution is -0.137. The molecular formula is C23H25ClN2O4S2. The quantitative estimate of drug-likeness (QED) is 0.699. The minimum atomic E-state index is -0.0295. The van der Waals surface area contributed by atoms with Crippen LogP contribution in [0.15, 0.2) is 28.0 Å². The van der Waals surface area contributed by atoms with Crippen molar-refractivity contribution < 1.29 is 14.3 Å². The molecule has 3 heterocycles. The average molecular weight is 493 g/mol. The molecule has 4 aliphatic rings. The Balaban J connectivity index is 1.35. The number of carbonyl (C=O) groups excluding carboxylic acids is 1. The Morgan fingerprint density at radius 1 is 1.25 bits per heavy atom. The van der Waals surface area contributed by atoms with Crippen molar-refractivity contribution in [2.45, 2.75) is 35.5 Å². The van der Waals surface area contributed by atoms with E-state index in [0.717, 1.165) is 15.5 Å². The van der Waals surface area contributed by atoms with Crippen molar-refractivity contribution in [3.63, 3.8) is 0 Å². The maximum Gasteiger partial charge on any atom is 0.305 e. The molecule has 6 nitrogen and oxygen atoms in total. The van der Waals surface area contributed by atoms with E-state index in [1.54, 1.807) is 4.90 Å². The minimum Gasteiger partial charge on any atom is -0.483 e. The SMILES string of the molecule is O=C(COc1ccc(Cl)cc1[C@H]1c2sc(=O)[nH]c2SC2C3CCC(C3)C21)N1CCOCC1. The van der Waals surface area contributed by atoms with Crippen molar-refractivity contribution in [3.05, 3.63) is 43.3 Å². The highest BCUT2D eigenvalue weighted by Crippen LogP contribution is 2.64. The van der Waals surface area contributed by atoms with E-state index in [-0.39, 0.29) is 23.3 Å². The van der Waals surface area contributed by atoms with Crippen LogP contribution in [0.4, 0.5) is 0 Å². The number of aromatic nitrogens is 1. The van der Waals surface area contributed by atoms with Crippen molar-refractivity contribution in [1.29, 1.82) is 0 Å². The number of nitrogens with one attached hydrogen (secondary N) is 1. The second kappa shape index (κ2) is 8.38. The van der Waals surface area contributed by atoms with Crippen LogP contribution in [-0.4, -0.2) is 54.0 Å². The molecule has 9 heteroatoms. The van der Waals surface area contributed by atoms with Gasteiger partial charge in [-0.2, -0.15) is 0 Å². The van der Waals surface area contributed by atoms with Gasteiger partial charge >= 0.3 is 4.87 Å². The Hall–Kier alpha value is -1.48. The highest BCUT2D eigenvalue weighted by molar-refractivity contribution is 8.00. The molecule has 1 N–H and O–H groups in total. The number of hydrogen-bond donors (Lipinski definition) is 1. The lowest BCUT2D eigenvalue weighted by Crippen LogP contribution is -2.43. The van der Waals surface area contributed by atoms with Gasteiger partial charge in [0.05, 0.1) is 18.2 Å². The summed E-state index contributed by atoms with van der Waals surface area (Å²) in [4.78, 5) is 30.9. The molecule has 5 atom stereocenters. The van der Waals surface area contributed by atoms with Crippen LogP contribution in [0.1, 0.15) is 35.6 Å². The van der Waals surface area contributed by atoms with E-state index in [4.69, 9.17) is 21.1 Å². The van der Waals surface area contributed by atoms with Crippen molar-refractivity contribution >= 4 is 40.6 Å². The summed E-state index contributed by atoms with van der Waals surface area (Å²) in [6.07, 6.45) is 3.80. The Morgan fingerprint density at radius 2 is 2.06 bits per heavy atom. The molecule has 4 unspecified atom stereocenters. The van der Waals surface area contributed by atoms with Gasteiger partial charge in [-0.15, -0.1) is 11.8 Å². The summed E-state index contributed by atoms with van der Waals surface area (Å²) in [6.45, 7) is 2.33. The molecule has 32 heavy (non-hydrogen) atoms. The van der Waals surface area contributed by atoms with Crippen LogP contribution >= 0.6 is 34.7 Å². The first-order valence-electron chi connectivity index (χ1n) is 11.3. The number of halogens is 1. The van der Waals surface area contributed by atoms with E-state index in [1.807, 2.05) is 30.0 Å². The number of ether oxygens (including phenoxy) is 2. The molecule has 2 saturated carbocycles. The van der Waals surface area contributed by atoms with Gasteiger partial charge in [-0.05, 0) is 55.2 Å². The van der Waals surface area contributed by atoms with E-state index in [9.17, 15) is 9.59 Å². The number of benzene rings is 1. The normalized spacial score (nSPS) is 30.8. The molecule has 6 rings (SSSR count). The molecule has 3 fully saturated rings. The third kappa shape index (κ3) is 3.59. The lowest BCUT2D eigenvalue weighted by atomic mass is 9.74. The number of carbonyl (C=O) groups is 1. The number of thiazole rings is 1. The van der Waals surface area contributed by atoms with E-state index in [0.29, 0.717) is 60.1 Å². The number of morpholine rings is 1. The average Bonchev–Trinajstić information content (AvgIpc) is 3.51. The van der Waals surface area contributed by atoms with Crippen molar-refractivity contribution in [2.24, 2.45) is 17.8 Å². The molecule has 1 saturated heterocycles. The van der Waals surface area contributed by atoms with Crippen molar-refractivity contribution in [3.8, 4) is 5.75 Å². The van der Waals surface area contributed by atoms with Gasteiger partial charge in [0.25, 0.3) is 5.91 Å². The van der Waals surface area contributed by atoms with Gasteiger partial charge < -0.3 is 19.4 Å². The summed E-state index contributed by atoms with van der Waals surface area (Å²) < 4.78 is 11.5. The number of hydrogen-bond acceptors (Lipinski definition) is 6. The Kier molecular flexibility index (Phi) is 5.52. The predicted octanol–water partition coefficient (Wildman–Crippen LogP) is 3.98. The minimum absolute atomic E-state index is 0.00746. The second-order valence-corrected chi connectivity index (χ2v) is 11.8. The van der Waals surface area contributed by atoms with Gasteiger partial charge in [0.15, 0.2) is 6.61 Å². The van der Waals surface area contributed by atoms with Gasteiger partial charge in [0, 0.05) is 39.7 Å². The number of amides is 1. The summed E-state index contributed by atoms with van der Waals surface area (Å²) >= 11 is 9.64. The maximum atomic E-state index is 12.7. The van der Waals surface area contributed by atoms with Crippen LogP contribution in [0.2, 0.25) is 5.02 Å². The van der Waals surface area contributed by atoms with E-state index < -0.39 is 0 Å². The topological polar surface area (TPSA) is 71.6 Å². The first kappa shape index (κ1) is 21.1. The van der Waals surface area contributed by atoms with Crippen LogP contribution in [0, 0.1) is 17.8 Å². The molecular weight excluding hydrogens is 468 g/mol. The smallest absolute Gasteiger partial charge is 0.305 e. The Morgan fingerprint density at radius 3 is 2.91 bits per heavy atom. The zero-order chi connectivity index (χ0) is 21.8. The molecule has 2 aliphatic heterocycles. The molecule has 2 bridgehead atoms. The summed E-state index contributed by atoms with van der Waals surface area (Å²) in [5.74, 6) is 2.57. The fraction of sp³-hybridized carbons (Fsp3) is 0.565. The molecule has 0 radical (unpaired) electrons. The number of H-pyrrole nitrogens is 1. The van der Waals surface area contributed by atoms with Gasteiger partial charge in [-0.1, -0.05) is 22.9 Å². The largest absolute Gasteiger partial charge is 0.483 e. The zero-order valence-electron chi connectivity index (χ0n) is 17.6. The van der Waals surface area contributed by atoms with Crippen molar-refractivity contribution in [2.75, 3.05) is 32.9 Å². The van der Waals surface area contributed by atoms with E-state index >= 15 is 0 Å². The highest BCUT2D eigenvalue weighted by Gasteiger charge is 2.55. The van der Waals surface area contributed by atoms with Gasteiger partial charge in [0.1, 0.15) is 5.75 Å². The third-order valence-corrected chi connectivity index (χ3v) is 10.3. The maximum absolute atomic E-state index is 12.7. The lowest BCUT2D eigenvalue weighted by Gasteiger charge is -2.40. The van der Waals surface area contributed by atoms with E-state index in [2.05, 4.69) is 4.98 Å². The van der Waals surface area contributed by atoms with Gasteiger partial charge in [-0.3, -0.25) is 9.59 Å². The first-order chi connectivity index (χ1) is 15.6. The monoisotopic (exact) mass is 492 g/mol. The third-order valence-electron chi connectivity index (χ3n) is 7.49. The summed E-state index contributed by atoms with van der Waals surface area (Å²) in [5, 5.41) is 2.17. The fourth-order valence-corrected chi connectivity index (χ4v) is 9.20. The summed E-state index contributed by atoms with van der Waals surface area (Å²) in [6, 6.07) is 5.67. The number of thioether (sulfide) groups is 1. The zero-order valence-corrected chi connectivity index (χ0v) is 19.9. The Labute approximate surface area is 199 Å². The van der Waals surface area contributed by atoms with Crippen LogP contribution in [0.25, 0.3) is 0 Å². The van der Waals surface area contributed by atoms with Crippen molar-refractivity contribution in [1.82, 2.24) is 9.88 Å². The molecule has 0 spiro atoms. The highest BCUT2D eigenvalue weighted by atomic mass is 35.5. The number of rotatable bonds is 4. The van der Waals surface area contributed by atoms with Crippen LogP contribution in [-0.2, 0) is 9.53 Å². The summed E-state index contributed by atoms with van der Waals surface area (Å²) in [7, 11) is 0. The standard InChI is InChI=1S/C23H25ClN2O4S2/c24-14-3-4-16(30-11-17(27)26-5-7-29-8-6-26)15(10-14)19-18-12-1-2-13(9-12)20(18)31-22-21(19)32-23(28)25-22/h3-4,10,12-13,18-20H,1-2,5-9,11H2,(H,25,28)/t12?,13?,18?,19-,20?/m1/s1.